The Morgan fingerprint density at radius 2 is 2.00 bits per heavy atom. The first-order valence-corrected chi connectivity index (χ1v) is 7.12. The minimum atomic E-state index is -4.39. The molecule has 1 aromatic rings. The number of pyridine rings is 1. The Labute approximate surface area is 127 Å². The molecular formula is C15H20F3N3O. The maximum absolute atomic E-state index is 12.5. The van der Waals surface area contributed by atoms with Crippen molar-refractivity contribution in [2.24, 2.45) is 5.41 Å². The number of carbonyl (C=O) groups is 1. The van der Waals surface area contributed by atoms with Crippen LogP contribution >= 0.6 is 0 Å². The molecule has 0 bridgehead atoms. The summed E-state index contributed by atoms with van der Waals surface area (Å²) in [6, 6.07) is 2.15. The maximum atomic E-state index is 12.5. The second-order valence-corrected chi connectivity index (χ2v) is 6.81. The van der Waals surface area contributed by atoms with Gasteiger partial charge in [0.25, 0.3) is 0 Å². The molecule has 4 nitrogen and oxygen atoms in total. The number of nitrogens with zero attached hydrogens (tertiary/aromatic N) is 2. The zero-order valence-corrected chi connectivity index (χ0v) is 12.9. The van der Waals surface area contributed by atoms with Crippen molar-refractivity contribution in [2.75, 3.05) is 18.4 Å². The Morgan fingerprint density at radius 3 is 2.50 bits per heavy atom. The van der Waals surface area contributed by atoms with E-state index >= 15 is 0 Å². The Hall–Kier alpha value is -1.79. The fraction of sp³-hybridized carbons (Fsp3) is 0.600. The van der Waals surface area contributed by atoms with E-state index in [2.05, 4.69) is 31.1 Å². The van der Waals surface area contributed by atoms with Crippen LogP contribution in [0.3, 0.4) is 0 Å². The zero-order chi connectivity index (χ0) is 16.5. The third-order valence-corrected chi connectivity index (χ3v) is 3.32. The van der Waals surface area contributed by atoms with Crippen LogP contribution in [0.15, 0.2) is 18.3 Å². The van der Waals surface area contributed by atoms with Gasteiger partial charge in [0, 0.05) is 25.7 Å². The van der Waals surface area contributed by atoms with E-state index in [-0.39, 0.29) is 17.4 Å². The van der Waals surface area contributed by atoms with Crippen molar-refractivity contribution >= 4 is 11.7 Å². The highest BCUT2D eigenvalue weighted by molar-refractivity contribution is 5.80. The summed E-state index contributed by atoms with van der Waals surface area (Å²) in [7, 11) is 0. The van der Waals surface area contributed by atoms with Crippen molar-refractivity contribution in [3.05, 3.63) is 23.9 Å². The van der Waals surface area contributed by atoms with E-state index in [1.165, 1.54) is 6.07 Å². The molecule has 0 unspecified atom stereocenters. The van der Waals surface area contributed by atoms with Crippen molar-refractivity contribution in [1.82, 2.24) is 9.88 Å². The Balaban J connectivity index is 1.96. The molecule has 1 aliphatic rings. The van der Waals surface area contributed by atoms with Crippen LogP contribution in [0.2, 0.25) is 0 Å². The average Bonchev–Trinajstić information content (AvgIpc) is 2.67. The molecule has 0 radical (unpaired) electrons. The Bertz CT molecular complexity index is 534. The van der Waals surface area contributed by atoms with E-state index in [0.29, 0.717) is 25.3 Å². The molecule has 1 N–H and O–H groups in total. The first-order valence-electron chi connectivity index (χ1n) is 7.12. The molecular weight excluding hydrogens is 295 g/mol. The number of likely N-dealkylation sites (tertiary alicyclic amines) is 1. The van der Waals surface area contributed by atoms with Crippen molar-refractivity contribution in [1.29, 1.82) is 0 Å². The van der Waals surface area contributed by atoms with Gasteiger partial charge in [-0.3, -0.25) is 4.79 Å². The number of aromatic nitrogens is 1. The van der Waals surface area contributed by atoms with E-state index < -0.39 is 11.7 Å². The van der Waals surface area contributed by atoms with Gasteiger partial charge in [0.2, 0.25) is 5.91 Å². The number of halogens is 3. The molecule has 1 aromatic heterocycles. The highest BCUT2D eigenvalue weighted by Crippen LogP contribution is 2.29. The molecule has 22 heavy (non-hydrogen) atoms. The van der Waals surface area contributed by atoms with Crippen LogP contribution in [0.5, 0.6) is 0 Å². The summed E-state index contributed by atoms with van der Waals surface area (Å²) in [4.78, 5) is 17.5. The minimum absolute atomic E-state index is 0.0111. The zero-order valence-electron chi connectivity index (χ0n) is 12.9. The van der Waals surface area contributed by atoms with Crippen LogP contribution < -0.4 is 5.32 Å². The number of amides is 1. The van der Waals surface area contributed by atoms with Crippen LogP contribution in [0, 0.1) is 5.41 Å². The van der Waals surface area contributed by atoms with Gasteiger partial charge in [-0.2, -0.15) is 13.2 Å². The lowest BCUT2D eigenvalue weighted by molar-refractivity contribution is -0.137. The minimum Gasteiger partial charge on any atom is -0.365 e. The van der Waals surface area contributed by atoms with Crippen molar-refractivity contribution < 1.29 is 18.0 Å². The quantitative estimate of drug-likeness (QED) is 0.932. The Morgan fingerprint density at radius 1 is 1.32 bits per heavy atom. The summed E-state index contributed by atoms with van der Waals surface area (Å²) in [6.45, 7) is 7.36. The molecule has 0 aromatic carbocycles. The van der Waals surface area contributed by atoms with Crippen molar-refractivity contribution in [2.45, 2.75) is 39.4 Å². The number of hydrogen-bond acceptors (Lipinski definition) is 3. The van der Waals surface area contributed by atoms with Gasteiger partial charge in [0.1, 0.15) is 5.82 Å². The van der Waals surface area contributed by atoms with Gasteiger partial charge in [0.05, 0.1) is 11.6 Å². The second kappa shape index (κ2) is 5.78. The topological polar surface area (TPSA) is 45.2 Å². The van der Waals surface area contributed by atoms with E-state index in [1.807, 2.05) is 0 Å². The van der Waals surface area contributed by atoms with E-state index in [0.717, 1.165) is 12.3 Å². The number of nitrogens with one attached hydrogen (secondary N) is 1. The summed E-state index contributed by atoms with van der Waals surface area (Å²) in [6.07, 6.45) is -3.26. The number of hydrogen-bond donors (Lipinski definition) is 1. The Kier molecular flexibility index (Phi) is 4.35. The van der Waals surface area contributed by atoms with E-state index in [1.54, 1.807) is 4.90 Å². The molecule has 1 atom stereocenters. The average molecular weight is 315 g/mol. The number of alkyl halides is 3. The van der Waals surface area contributed by atoms with Gasteiger partial charge >= 0.3 is 6.18 Å². The molecule has 122 valence electrons. The van der Waals surface area contributed by atoms with Crippen molar-refractivity contribution in [3.63, 3.8) is 0 Å². The molecule has 1 saturated heterocycles. The normalized spacial score (nSPS) is 19.6. The predicted molar refractivity (Wildman–Crippen MR) is 77.3 cm³/mol. The van der Waals surface area contributed by atoms with Gasteiger partial charge in [-0.15, -0.1) is 0 Å². The largest absolute Gasteiger partial charge is 0.417 e. The summed E-state index contributed by atoms with van der Waals surface area (Å²) in [5.74, 6) is 0.405. The molecule has 2 rings (SSSR count). The van der Waals surface area contributed by atoms with E-state index in [4.69, 9.17) is 0 Å². The van der Waals surface area contributed by atoms with Crippen LogP contribution in [0.25, 0.3) is 0 Å². The lowest BCUT2D eigenvalue weighted by atomic mass is 9.96. The first kappa shape index (κ1) is 16.6. The maximum Gasteiger partial charge on any atom is 0.417 e. The lowest BCUT2D eigenvalue weighted by Crippen LogP contribution is -2.35. The smallest absolute Gasteiger partial charge is 0.365 e. The fourth-order valence-corrected chi connectivity index (χ4v) is 2.45. The summed E-state index contributed by atoms with van der Waals surface area (Å²) >= 11 is 0. The van der Waals surface area contributed by atoms with Crippen LogP contribution in [-0.2, 0) is 11.0 Å². The van der Waals surface area contributed by atoms with Crippen LogP contribution in [0.4, 0.5) is 19.0 Å². The van der Waals surface area contributed by atoms with Gasteiger partial charge < -0.3 is 10.2 Å². The van der Waals surface area contributed by atoms with Crippen LogP contribution in [-0.4, -0.2) is 34.9 Å². The SMILES string of the molecule is CC(C)(C)CN1C[C@@H](Nc2ccc(C(F)(F)F)cn2)CC1=O. The lowest BCUT2D eigenvalue weighted by Gasteiger charge is -2.26. The monoisotopic (exact) mass is 315 g/mol. The molecule has 0 aliphatic carbocycles. The van der Waals surface area contributed by atoms with E-state index in [9.17, 15) is 18.0 Å². The van der Waals surface area contributed by atoms with Gasteiger partial charge in [0.15, 0.2) is 0 Å². The third kappa shape index (κ3) is 4.35. The summed E-state index contributed by atoms with van der Waals surface area (Å²) in [5, 5.41) is 3.02. The molecule has 0 spiro atoms. The second-order valence-electron chi connectivity index (χ2n) is 6.81. The number of rotatable bonds is 3. The van der Waals surface area contributed by atoms with Crippen molar-refractivity contribution in [3.8, 4) is 0 Å². The fourth-order valence-electron chi connectivity index (χ4n) is 2.45. The van der Waals surface area contributed by atoms with Crippen LogP contribution in [0.1, 0.15) is 32.8 Å². The first-order chi connectivity index (χ1) is 10.0. The van der Waals surface area contributed by atoms with Gasteiger partial charge in [-0.25, -0.2) is 4.98 Å². The number of anilines is 1. The molecule has 7 heteroatoms. The standard InChI is InChI=1S/C15H20F3N3O/c1-14(2,3)9-21-8-11(6-13(21)22)20-12-5-4-10(7-19-12)15(16,17)18/h4-5,7,11H,6,8-9H2,1-3H3,(H,19,20)/t11-/m0/s1. The van der Waals surface area contributed by atoms with Gasteiger partial charge in [-0.05, 0) is 17.5 Å². The molecule has 1 fully saturated rings. The number of carbonyl (C=O) groups excluding carboxylic acids is 1. The predicted octanol–water partition coefficient (Wildman–Crippen LogP) is 3.16. The molecule has 1 aliphatic heterocycles. The summed E-state index contributed by atoms with van der Waals surface area (Å²) < 4.78 is 37.4. The third-order valence-electron chi connectivity index (χ3n) is 3.32. The highest BCUT2D eigenvalue weighted by Gasteiger charge is 2.33. The summed E-state index contributed by atoms with van der Waals surface area (Å²) in [5.41, 5.74) is -0.771. The highest BCUT2D eigenvalue weighted by atomic mass is 19.4. The molecule has 2 heterocycles. The molecule has 1 amide bonds. The molecule has 0 saturated carbocycles. The van der Waals surface area contributed by atoms with Gasteiger partial charge in [-0.1, -0.05) is 20.8 Å².